The first-order valence-electron chi connectivity index (χ1n) is 58.5. The van der Waals surface area contributed by atoms with Gasteiger partial charge in [-0.15, -0.1) is 0 Å². The average Bonchev–Trinajstić information content (AvgIpc) is 0.733. The highest BCUT2D eigenvalue weighted by molar-refractivity contribution is 5.83. The van der Waals surface area contributed by atoms with Crippen LogP contribution in [-0.2, 0) is 37.9 Å². The van der Waals surface area contributed by atoms with Crippen LogP contribution in [-0.4, -0.2) is 0 Å². The molecule has 0 saturated heterocycles. The van der Waals surface area contributed by atoms with Gasteiger partial charge in [-0.05, 0) is 226 Å². The van der Waals surface area contributed by atoms with Crippen LogP contribution in [0.5, 0.6) is 0 Å². The Bertz CT molecular complexity index is 7610. The molecule has 135 heavy (non-hydrogen) atoms. The van der Waals surface area contributed by atoms with Gasteiger partial charge in [0.15, 0.2) is 0 Å². The molecular weight excluding hydrogens is 1620 g/mol. The number of benzene rings is 17. The van der Waals surface area contributed by atoms with Crippen molar-refractivity contribution in [1.82, 2.24) is 0 Å². The minimum Gasteiger partial charge on any atom is -0.0622 e. The van der Waals surface area contributed by atoms with Gasteiger partial charge in [0.2, 0.25) is 0 Å². The van der Waals surface area contributed by atoms with Crippen LogP contribution < -0.4 is 0 Å². The van der Waals surface area contributed by atoms with Gasteiger partial charge in [-0.2, -0.15) is 0 Å². The lowest BCUT2D eigenvalue weighted by Gasteiger charge is -2.27. The average molecular weight is 1790 g/mol. The maximum atomic E-state index is 8.52. The highest BCUT2D eigenvalue weighted by Gasteiger charge is 2.27. The van der Waals surface area contributed by atoms with E-state index in [9.17, 15) is 0 Å². The molecule has 0 aliphatic heterocycles. The molecule has 0 nitrogen and oxygen atoms in total. The van der Waals surface area contributed by atoms with Gasteiger partial charge in [0.1, 0.15) is 0 Å². The van der Waals surface area contributed by atoms with Gasteiger partial charge < -0.3 is 0 Å². The van der Waals surface area contributed by atoms with Crippen LogP contribution in [0.2, 0.25) is 0 Å². The zero-order chi connectivity index (χ0) is 118. The molecule has 0 N–H and O–H groups in total. The minimum atomic E-state index is -0.608. The van der Waals surface area contributed by atoms with Crippen molar-refractivity contribution >= 4 is 0 Å². The number of hydrogen-bond donors (Lipinski definition) is 0. The Labute approximate surface area is 848 Å². The van der Waals surface area contributed by atoms with E-state index < -0.39 is 47.6 Å². The Morgan fingerprint density at radius 1 is 0.193 bits per heavy atom. The van der Waals surface area contributed by atoms with Crippen LogP contribution in [0, 0.1) is 13.8 Å². The normalized spacial score (nSPS) is 14.1. The summed E-state index contributed by atoms with van der Waals surface area (Å²) in [5.41, 5.74) is 24.8. The molecule has 0 saturated carbocycles. The third-order valence-corrected chi connectivity index (χ3v) is 22.8. The molecular formula is C135H148. The van der Waals surface area contributed by atoms with Crippen molar-refractivity contribution in [2.75, 3.05) is 0 Å². The molecule has 0 spiro atoms. The molecule has 0 fully saturated rings. The molecule has 0 heteroatoms. The summed E-state index contributed by atoms with van der Waals surface area (Å²) in [5.74, 6) is -0.510. The fourth-order valence-electron chi connectivity index (χ4n) is 16.0. The van der Waals surface area contributed by atoms with Crippen molar-refractivity contribution in [3.8, 4) is 111 Å². The largest absolute Gasteiger partial charge is 0.0632 e. The van der Waals surface area contributed by atoms with Crippen molar-refractivity contribution in [3.63, 3.8) is 0 Å². The molecule has 0 amide bonds. The predicted octanol–water partition coefficient (Wildman–Crippen LogP) is 39.3. The zero-order valence-corrected chi connectivity index (χ0v) is 83.8. The van der Waals surface area contributed by atoms with E-state index in [1.165, 1.54) is 84.8 Å². The Kier molecular flexibility index (Phi) is 25.0. The van der Waals surface area contributed by atoms with E-state index in [2.05, 4.69) is 314 Å². The molecule has 0 aliphatic carbocycles. The number of hydrogen-bond acceptors (Lipinski definition) is 0. The lowest BCUT2D eigenvalue weighted by Crippen LogP contribution is -2.14. The van der Waals surface area contributed by atoms with E-state index in [0.717, 1.165) is 16.7 Å². The minimum absolute atomic E-state index is 0.0333. The summed E-state index contributed by atoms with van der Waals surface area (Å²) in [5, 5.41) is 0. The summed E-state index contributed by atoms with van der Waals surface area (Å²) in [7, 11) is 0. The van der Waals surface area contributed by atoms with Gasteiger partial charge in [-0.3, -0.25) is 0 Å². The third kappa shape index (κ3) is 29.1. The monoisotopic (exact) mass is 1790 g/mol. The van der Waals surface area contributed by atoms with Gasteiger partial charge >= 0.3 is 0 Å². The summed E-state index contributed by atoms with van der Waals surface area (Å²) in [4.78, 5) is 0. The van der Waals surface area contributed by atoms with Crippen LogP contribution in [0.25, 0.3) is 111 Å². The quantitative estimate of drug-likeness (QED) is 0.121. The standard InChI is InChI=1S/2C23H24.2C22H22.2C16H18.C13H20/c1-17-9-8-12-19(13-17)21-14-20(18-10-6-5-7-11-18)15-22(16-21)23(2,3)4;1-17-13-15-19(16-14-17)21-12-8-11-20(22(21)23(2,3)4)18-9-6-5-7-10-18;1-22(2,3)21-19(17-11-6-4-7-12-17)15-10-16-20(21)18-13-8-5-9-14-18;1-22(2,3)21-15-19(17-10-6-4-7-11-17)14-20(16-21)18-12-8-5-9-13-18;2*1-16(2,3)15-12-8-7-11-14(15)13-9-5-4-6-10-13;1-10(2)11-8-6-7-9-12(11)13(3,4)5/h2*5-16H,1-4H3;2*4-16H,1-3H3;2*4-12H,1-3H3;6-10H,1-5H3/i5D,6D,7D,8D,9D,10D,11D,12D,13D;5D,6D,7D,9D,10D,13D,14D,15D,16D;;;4D,5D,6D,9D,10D;;10D. The molecule has 0 radical (unpaired) electrons. The molecule has 688 valence electrons. The molecule has 17 aromatic carbocycles. The van der Waals surface area contributed by atoms with Crippen LogP contribution in [0.15, 0.2) is 436 Å². The Morgan fingerprint density at radius 3 is 0.800 bits per heavy atom. The Hall–Kier alpha value is -13.3. The number of rotatable bonds is 11. The first kappa shape index (κ1) is 73.2. The highest BCUT2D eigenvalue weighted by Crippen LogP contribution is 2.45. The van der Waals surface area contributed by atoms with Gasteiger partial charge in [0.25, 0.3) is 0 Å². The van der Waals surface area contributed by atoms with Crippen molar-refractivity contribution in [3.05, 3.63) is 492 Å². The first-order chi connectivity index (χ1) is 74.0. The van der Waals surface area contributed by atoms with Gasteiger partial charge in [-0.25, -0.2) is 0 Å². The fourth-order valence-corrected chi connectivity index (χ4v) is 16.0. The van der Waals surface area contributed by atoms with Crippen molar-refractivity contribution < 1.29 is 32.9 Å². The molecule has 0 bridgehead atoms. The lowest BCUT2D eigenvalue weighted by molar-refractivity contribution is 0.577. The van der Waals surface area contributed by atoms with Crippen LogP contribution in [0.1, 0.15) is 254 Å². The van der Waals surface area contributed by atoms with E-state index in [4.69, 9.17) is 32.9 Å². The second-order valence-corrected chi connectivity index (χ2v) is 41.3. The summed E-state index contributed by atoms with van der Waals surface area (Å²) in [6.45, 7) is 51.8. The van der Waals surface area contributed by atoms with E-state index >= 15 is 0 Å². The maximum absolute atomic E-state index is 8.52. The first-order valence-corrected chi connectivity index (χ1v) is 46.5. The van der Waals surface area contributed by atoms with Gasteiger partial charge in [-0.1, -0.05) is 594 Å². The molecule has 17 rings (SSSR count). The van der Waals surface area contributed by atoms with Crippen molar-refractivity contribution in [2.45, 2.75) is 217 Å². The van der Waals surface area contributed by atoms with E-state index in [-0.39, 0.29) is 174 Å². The Balaban J connectivity index is 0.000000178. The predicted molar refractivity (Wildman–Crippen MR) is 594 cm³/mol. The molecule has 0 unspecified atom stereocenters. The van der Waals surface area contributed by atoms with Crippen LogP contribution >= 0.6 is 0 Å². The maximum Gasteiger partial charge on any atom is 0.0632 e. The van der Waals surface area contributed by atoms with Crippen LogP contribution in [0.4, 0.5) is 0 Å². The molecule has 17 aromatic rings. The van der Waals surface area contributed by atoms with E-state index in [1.54, 1.807) is 43.3 Å². The van der Waals surface area contributed by atoms with Crippen LogP contribution in [0.3, 0.4) is 0 Å². The highest BCUT2D eigenvalue weighted by atomic mass is 14.3. The summed E-state index contributed by atoms with van der Waals surface area (Å²) < 4.78 is 196. The van der Waals surface area contributed by atoms with Gasteiger partial charge in [0, 0.05) is 1.37 Å². The molecule has 0 atom stereocenters. The molecule has 0 aliphatic rings. The third-order valence-electron chi connectivity index (χ3n) is 22.8. The fraction of sp³-hybridized carbons (Fsp3) is 0.244. The van der Waals surface area contributed by atoms with Gasteiger partial charge in [0.05, 0.1) is 31.5 Å². The van der Waals surface area contributed by atoms with E-state index in [1.807, 2.05) is 106 Å². The molecule has 0 aromatic heterocycles. The summed E-state index contributed by atoms with van der Waals surface area (Å²) >= 11 is 0. The lowest BCUT2D eigenvalue weighted by atomic mass is 9.77. The van der Waals surface area contributed by atoms with Crippen molar-refractivity contribution in [1.29, 1.82) is 0 Å². The second kappa shape index (κ2) is 46.1. The Morgan fingerprint density at radius 2 is 0.459 bits per heavy atom. The second-order valence-electron chi connectivity index (χ2n) is 41.3. The van der Waals surface area contributed by atoms with Crippen molar-refractivity contribution in [2.24, 2.45) is 0 Å². The molecule has 0 heterocycles. The SMILES string of the molecule is CC(C)(C)c1c(-c2ccccc2)cccc1-c1ccccc1.CC(C)(C)c1cc(-c2ccccc2)cc(-c2ccccc2)c1.CC(C)(C)c1ccccc1-c1ccccc1.[2H]C(C)(C)c1ccccc1C(C)(C)C.[2H]c1c([2H])c([2H])c(-c2cc(-c3c([2H])c([2H])c([2H])c(C)c3[2H])cc(C(C)(C)C)c2)c([2H])c1[2H].[2H]c1c([2H])c([2H])c(-c2cccc(-c3c([2H])c([2H])c(C)c([2H])c3[2H])c2C(C)(C)C)c([2H])c1[2H].[2H]c1c([2H])c([2H])c(-c2ccccc2C(C)(C)C)c([2H])c1[2H]. The zero-order valence-electron chi connectivity index (χ0n) is 108. The summed E-state index contributed by atoms with van der Waals surface area (Å²) in [6.07, 6.45) is 0. The van der Waals surface area contributed by atoms with E-state index in [0.29, 0.717) is 33.4 Å². The summed E-state index contributed by atoms with van der Waals surface area (Å²) in [6, 6.07) is 94.7. The topological polar surface area (TPSA) is 0 Å². The smallest absolute Gasteiger partial charge is 0.0622 e.